The van der Waals surface area contributed by atoms with Gasteiger partial charge in [-0.1, -0.05) is 19.1 Å². The lowest BCUT2D eigenvalue weighted by Crippen LogP contribution is -2.22. The highest BCUT2D eigenvalue weighted by atomic mass is 19.1. The van der Waals surface area contributed by atoms with Crippen LogP contribution in [0.15, 0.2) is 24.3 Å². The average molecular weight is 283 g/mol. The van der Waals surface area contributed by atoms with Gasteiger partial charge >= 0.3 is 0 Å². The van der Waals surface area contributed by atoms with Crippen molar-refractivity contribution in [3.8, 4) is 0 Å². The van der Waals surface area contributed by atoms with E-state index in [0.717, 1.165) is 38.1 Å². The molecule has 4 heteroatoms. The predicted molar refractivity (Wildman–Crippen MR) is 79.6 cm³/mol. The normalized spacial score (nSPS) is 12.6. The molecule has 1 rings (SSSR count). The third-order valence-electron chi connectivity index (χ3n) is 3.21. The largest absolute Gasteiger partial charge is 0.385 e. The van der Waals surface area contributed by atoms with Crippen LogP contribution in [0.4, 0.5) is 4.39 Å². The third-order valence-corrected chi connectivity index (χ3v) is 3.21. The van der Waals surface area contributed by atoms with E-state index >= 15 is 0 Å². The van der Waals surface area contributed by atoms with E-state index in [1.165, 1.54) is 6.07 Å². The highest BCUT2D eigenvalue weighted by Gasteiger charge is 2.11. The molecule has 0 aliphatic carbocycles. The third kappa shape index (κ3) is 6.98. The zero-order valence-electron chi connectivity index (χ0n) is 12.5. The number of hydrogen-bond acceptors (Lipinski definition) is 3. The fourth-order valence-corrected chi connectivity index (χ4v) is 2.10. The first-order valence-corrected chi connectivity index (χ1v) is 7.30. The van der Waals surface area contributed by atoms with Gasteiger partial charge < -0.3 is 14.8 Å². The van der Waals surface area contributed by atoms with Gasteiger partial charge in [-0.15, -0.1) is 0 Å². The van der Waals surface area contributed by atoms with E-state index in [1.54, 1.807) is 19.2 Å². The van der Waals surface area contributed by atoms with Gasteiger partial charge in [-0.05, 0) is 43.0 Å². The van der Waals surface area contributed by atoms with Crippen molar-refractivity contribution in [1.82, 2.24) is 5.32 Å². The molecule has 0 fully saturated rings. The number of ether oxygens (including phenoxy) is 2. The maximum Gasteiger partial charge on any atom is 0.123 e. The summed E-state index contributed by atoms with van der Waals surface area (Å²) < 4.78 is 23.9. The molecule has 1 aromatic carbocycles. The lowest BCUT2D eigenvalue weighted by atomic mass is 9.96. The monoisotopic (exact) mass is 283 g/mol. The fraction of sp³-hybridized carbons (Fsp3) is 0.625. The molecule has 0 spiro atoms. The number of hydrogen-bond donors (Lipinski definition) is 1. The lowest BCUT2D eigenvalue weighted by Gasteiger charge is -2.18. The Bertz CT molecular complexity index is 360. The molecule has 0 aliphatic heterocycles. The molecular weight excluding hydrogens is 257 g/mol. The summed E-state index contributed by atoms with van der Waals surface area (Å²) in [5.41, 5.74) is 1.03. The van der Waals surface area contributed by atoms with E-state index in [-0.39, 0.29) is 11.7 Å². The molecule has 0 saturated carbocycles. The Morgan fingerprint density at radius 2 is 2.10 bits per heavy atom. The van der Waals surface area contributed by atoms with Gasteiger partial charge in [0.05, 0.1) is 0 Å². The average Bonchev–Trinajstić information content (AvgIpc) is 2.45. The second-order valence-electron chi connectivity index (χ2n) is 4.81. The van der Waals surface area contributed by atoms with Gasteiger partial charge in [-0.3, -0.25) is 0 Å². The molecule has 0 heterocycles. The van der Waals surface area contributed by atoms with Crippen molar-refractivity contribution in [3.05, 3.63) is 35.6 Å². The molecule has 0 aliphatic rings. The molecule has 0 aromatic heterocycles. The highest BCUT2D eigenvalue weighted by molar-refractivity contribution is 5.21. The SMILES string of the molecule is CCNCC(CCOCCCOC)c1cccc(F)c1. The number of methoxy groups -OCH3 is 1. The molecule has 1 unspecified atom stereocenters. The van der Waals surface area contributed by atoms with Crippen LogP contribution in [0.3, 0.4) is 0 Å². The van der Waals surface area contributed by atoms with E-state index in [9.17, 15) is 4.39 Å². The maximum atomic E-state index is 13.3. The zero-order valence-corrected chi connectivity index (χ0v) is 12.5. The molecule has 1 aromatic rings. The highest BCUT2D eigenvalue weighted by Crippen LogP contribution is 2.20. The van der Waals surface area contributed by atoms with Gasteiger partial charge in [0.15, 0.2) is 0 Å². The minimum atomic E-state index is -0.176. The summed E-state index contributed by atoms with van der Waals surface area (Å²) in [6.45, 7) is 5.97. The molecule has 1 atom stereocenters. The Hall–Kier alpha value is -0.970. The van der Waals surface area contributed by atoms with Crippen molar-refractivity contribution >= 4 is 0 Å². The Kier molecular flexibility index (Phi) is 9.20. The van der Waals surface area contributed by atoms with Crippen LogP contribution in [0.1, 0.15) is 31.2 Å². The molecular formula is C16H26FNO2. The first-order valence-electron chi connectivity index (χ1n) is 7.30. The molecule has 3 nitrogen and oxygen atoms in total. The van der Waals surface area contributed by atoms with Gasteiger partial charge in [-0.25, -0.2) is 4.39 Å². The van der Waals surface area contributed by atoms with E-state index in [2.05, 4.69) is 12.2 Å². The van der Waals surface area contributed by atoms with Crippen LogP contribution in [0.2, 0.25) is 0 Å². The summed E-state index contributed by atoms with van der Waals surface area (Å²) >= 11 is 0. The number of benzene rings is 1. The van der Waals surface area contributed by atoms with Crippen LogP contribution in [-0.4, -0.2) is 40.0 Å². The summed E-state index contributed by atoms with van der Waals surface area (Å²) in [7, 11) is 1.69. The van der Waals surface area contributed by atoms with E-state index in [0.29, 0.717) is 13.2 Å². The Labute approximate surface area is 121 Å². The topological polar surface area (TPSA) is 30.5 Å². The maximum absolute atomic E-state index is 13.3. The van der Waals surface area contributed by atoms with Gasteiger partial charge in [0.25, 0.3) is 0 Å². The van der Waals surface area contributed by atoms with Crippen LogP contribution in [0, 0.1) is 5.82 Å². The Balaban J connectivity index is 2.40. The summed E-state index contributed by atoms with van der Waals surface area (Å²) in [5, 5.41) is 3.33. The number of rotatable bonds is 11. The van der Waals surface area contributed by atoms with Crippen LogP contribution in [-0.2, 0) is 9.47 Å². The van der Waals surface area contributed by atoms with Gasteiger partial charge in [-0.2, -0.15) is 0 Å². The molecule has 0 radical (unpaired) electrons. The van der Waals surface area contributed by atoms with Crippen molar-refractivity contribution in [3.63, 3.8) is 0 Å². The van der Waals surface area contributed by atoms with Crippen LogP contribution >= 0.6 is 0 Å². The number of nitrogens with one attached hydrogen (secondary N) is 1. The number of halogens is 1. The van der Waals surface area contributed by atoms with E-state index < -0.39 is 0 Å². The zero-order chi connectivity index (χ0) is 14.6. The van der Waals surface area contributed by atoms with Crippen LogP contribution in [0.5, 0.6) is 0 Å². The number of likely N-dealkylation sites (N-methyl/N-ethyl adjacent to an activating group) is 1. The van der Waals surface area contributed by atoms with Gasteiger partial charge in [0, 0.05) is 33.5 Å². The first-order chi connectivity index (χ1) is 9.77. The lowest BCUT2D eigenvalue weighted by molar-refractivity contribution is 0.0980. The predicted octanol–water partition coefficient (Wildman–Crippen LogP) is 2.96. The van der Waals surface area contributed by atoms with Crippen LogP contribution in [0.25, 0.3) is 0 Å². The second kappa shape index (κ2) is 10.8. The standard InChI is InChI=1S/C16H26FNO2/c1-3-18-13-15(8-11-20-10-5-9-19-2)14-6-4-7-16(17)12-14/h4,6-7,12,15,18H,3,5,8-11,13H2,1-2H3. The van der Waals surface area contributed by atoms with Gasteiger partial charge in [0.2, 0.25) is 0 Å². The molecule has 0 saturated heterocycles. The Morgan fingerprint density at radius 1 is 1.25 bits per heavy atom. The Morgan fingerprint density at radius 3 is 2.80 bits per heavy atom. The summed E-state index contributed by atoms with van der Waals surface area (Å²) in [6, 6.07) is 6.85. The first kappa shape index (κ1) is 17.1. The summed E-state index contributed by atoms with van der Waals surface area (Å²) in [5.74, 6) is 0.109. The van der Waals surface area contributed by atoms with Crippen molar-refractivity contribution in [2.45, 2.75) is 25.7 Å². The van der Waals surface area contributed by atoms with Crippen molar-refractivity contribution in [2.75, 3.05) is 40.0 Å². The van der Waals surface area contributed by atoms with Crippen molar-refractivity contribution in [2.24, 2.45) is 0 Å². The summed E-state index contributed by atoms with van der Waals surface area (Å²) in [4.78, 5) is 0. The van der Waals surface area contributed by atoms with E-state index in [1.807, 2.05) is 6.07 Å². The fourth-order valence-electron chi connectivity index (χ4n) is 2.10. The van der Waals surface area contributed by atoms with Gasteiger partial charge in [0.1, 0.15) is 5.82 Å². The minimum Gasteiger partial charge on any atom is -0.385 e. The van der Waals surface area contributed by atoms with Crippen molar-refractivity contribution in [1.29, 1.82) is 0 Å². The minimum absolute atomic E-state index is 0.176. The van der Waals surface area contributed by atoms with E-state index in [4.69, 9.17) is 9.47 Å². The summed E-state index contributed by atoms with van der Waals surface area (Å²) in [6.07, 6.45) is 1.80. The van der Waals surface area contributed by atoms with Crippen molar-refractivity contribution < 1.29 is 13.9 Å². The second-order valence-corrected chi connectivity index (χ2v) is 4.81. The molecule has 114 valence electrons. The molecule has 0 bridgehead atoms. The quantitative estimate of drug-likeness (QED) is 0.633. The smallest absolute Gasteiger partial charge is 0.123 e. The van der Waals surface area contributed by atoms with Crippen LogP contribution < -0.4 is 5.32 Å². The molecule has 20 heavy (non-hydrogen) atoms. The molecule has 0 amide bonds. The molecule has 1 N–H and O–H groups in total.